The number of carbonyl (C=O) groups excluding carboxylic acids is 1. The molecule has 1 N–H and O–H groups in total. The van der Waals surface area contributed by atoms with Crippen LogP contribution in [0, 0.1) is 5.92 Å². The van der Waals surface area contributed by atoms with Crippen LogP contribution in [0.5, 0.6) is 11.5 Å². The van der Waals surface area contributed by atoms with E-state index >= 15 is 0 Å². The molecular formula is C19H19N3O3S. The SMILES string of the molecule is COc1ccc(NC(=O)C2CN(c3nc4ccc(OC)cc4s3)C2)cc1. The number of rotatable bonds is 5. The van der Waals surface area contributed by atoms with Gasteiger partial charge in [0, 0.05) is 18.8 Å². The molecule has 26 heavy (non-hydrogen) atoms. The van der Waals surface area contributed by atoms with Gasteiger partial charge in [-0.2, -0.15) is 0 Å². The summed E-state index contributed by atoms with van der Waals surface area (Å²) in [4.78, 5) is 19.2. The van der Waals surface area contributed by atoms with Crippen LogP contribution in [0.3, 0.4) is 0 Å². The molecule has 7 heteroatoms. The van der Waals surface area contributed by atoms with Crippen LogP contribution in [-0.2, 0) is 4.79 Å². The Morgan fingerprint density at radius 1 is 1.12 bits per heavy atom. The molecule has 4 rings (SSSR count). The first-order valence-corrected chi connectivity index (χ1v) is 9.12. The predicted octanol–water partition coefficient (Wildman–Crippen LogP) is 3.39. The molecule has 6 nitrogen and oxygen atoms in total. The van der Waals surface area contributed by atoms with Gasteiger partial charge in [0.2, 0.25) is 5.91 Å². The smallest absolute Gasteiger partial charge is 0.231 e. The number of thiazole rings is 1. The normalized spacial score (nSPS) is 14.2. The molecule has 0 atom stereocenters. The van der Waals surface area contributed by atoms with Crippen molar-refractivity contribution in [3.8, 4) is 11.5 Å². The standard InChI is InChI=1S/C19H19N3O3S/c1-24-14-5-3-13(4-6-14)20-18(23)12-10-22(11-12)19-21-16-8-7-15(25-2)9-17(16)26-19/h3-9,12H,10-11H2,1-2H3,(H,20,23). The lowest BCUT2D eigenvalue weighted by Crippen LogP contribution is -2.52. The van der Waals surface area contributed by atoms with Crippen LogP contribution >= 0.6 is 11.3 Å². The van der Waals surface area contributed by atoms with Crippen molar-refractivity contribution in [3.05, 3.63) is 42.5 Å². The van der Waals surface area contributed by atoms with Crippen molar-refractivity contribution in [3.63, 3.8) is 0 Å². The number of aromatic nitrogens is 1. The number of amides is 1. The minimum absolute atomic E-state index is 0.0290. The monoisotopic (exact) mass is 369 g/mol. The van der Waals surface area contributed by atoms with Gasteiger partial charge in [0.15, 0.2) is 5.13 Å². The maximum atomic E-state index is 12.4. The van der Waals surface area contributed by atoms with Gasteiger partial charge in [0.1, 0.15) is 11.5 Å². The van der Waals surface area contributed by atoms with Crippen molar-refractivity contribution in [2.45, 2.75) is 0 Å². The van der Waals surface area contributed by atoms with Crippen molar-refractivity contribution in [1.82, 2.24) is 4.98 Å². The van der Waals surface area contributed by atoms with E-state index in [-0.39, 0.29) is 11.8 Å². The first kappa shape index (κ1) is 16.7. The molecule has 1 fully saturated rings. The van der Waals surface area contributed by atoms with Crippen LogP contribution < -0.4 is 19.7 Å². The molecule has 0 radical (unpaired) electrons. The molecule has 3 aromatic rings. The summed E-state index contributed by atoms with van der Waals surface area (Å²) in [5, 5.41) is 3.90. The van der Waals surface area contributed by atoms with Crippen LogP contribution in [0.4, 0.5) is 10.8 Å². The average molecular weight is 369 g/mol. The number of benzene rings is 2. The Bertz CT molecular complexity index is 933. The highest BCUT2D eigenvalue weighted by Gasteiger charge is 2.34. The van der Waals surface area contributed by atoms with Crippen LogP contribution in [0.15, 0.2) is 42.5 Å². The maximum absolute atomic E-state index is 12.4. The van der Waals surface area contributed by atoms with Gasteiger partial charge < -0.3 is 19.7 Å². The van der Waals surface area contributed by atoms with E-state index in [1.165, 1.54) is 0 Å². The zero-order chi connectivity index (χ0) is 18.1. The summed E-state index contributed by atoms with van der Waals surface area (Å²) in [6.07, 6.45) is 0. The topological polar surface area (TPSA) is 63.7 Å². The highest BCUT2D eigenvalue weighted by Crippen LogP contribution is 2.34. The summed E-state index contributed by atoms with van der Waals surface area (Å²) < 4.78 is 11.5. The molecule has 1 saturated heterocycles. The number of hydrogen-bond acceptors (Lipinski definition) is 6. The number of anilines is 2. The van der Waals surface area contributed by atoms with Gasteiger partial charge in [-0.3, -0.25) is 4.79 Å². The third kappa shape index (κ3) is 3.17. The lowest BCUT2D eigenvalue weighted by molar-refractivity contribution is -0.120. The lowest BCUT2D eigenvalue weighted by atomic mass is 10.00. The molecule has 1 aliphatic heterocycles. The van der Waals surface area contributed by atoms with Gasteiger partial charge in [-0.05, 0) is 42.5 Å². The number of carbonyl (C=O) groups is 1. The Morgan fingerprint density at radius 3 is 2.50 bits per heavy atom. The molecule has 0 bridgehead atoms. The summed E-state index contributed by atoms with van der Waals surface area (Å²) >= 11 is 1.62. The second-order valence-corrected chi connectivity index (χ2v) is 7.16. The number of fused-ring (bicyclic) bond motifs is 1. The number of nitrogens with one attached hydrogen (secondary N) is 1. The summed E-state index contributed by atoms with van der Waals surface area (Å²) in [5.74, 6) is 1.60. The lowest BCUT2D eigenvalue weighted by Gasteiger charge is -2.37. The van der Waals surface area contributed by atoms with Crippen molar-refractivity contribution >= 4 is 38.3 Å². The Kier molecular flexibility index (Phi) is 4.38. The van der Waals surface area contributed by atoms with Gasteiger partial charge in [-0.15, -0.1) is 0 Å². The number of nitrogens with zero attached hydrogens (tertiary/aromatic N) is 2. The fraction of sp³-hybridized carbons (Fsp3) is 0.263. The van der Waals surface area contributed by atoms with Crippen LogP contribution in [0.2, 0.25) is 0 Å². The molecule has 2 aromatic carbocycles. The van der Waals surface area contributed by atoms with Crippen LogP contribution in [-0.4, -0.2) is 38.2 Å². The summed E-state index contributed by atoms with van der Waals surface area (Å²) in [6.45, 7) is 1.36. The molecule has 0 saturated carbocycles. The molecule has 1 amide bonds. The fourth-order valence-corrected chi connectivity index (χ4v) is 3.89. The van der Waals surface area contributed by atoms with E-state index < -0.39 is 0 Å². The van der Waals surface area contributed by atoms with E-state index in [0.29, 0.717) is 13.1 Å². The predicted molar refractivity (Wildman–Crippen MR) is 103 cm³/mol. The minimum Gasteiger partial charge on any atom is -0.497 e. The summed E-state index contributed by atoms with van der Waals surface area (Å²) in [6, 6.07) is 13.2. The van der Waals surface area contributed by atoms with Crippen LogP contribution in [0.25, 0.3) is 10.2 Å². The quantitative estimate of drug-likeness (QED) is 0.747. The van der Waals surface area contributed by atoms with E-state index in [4.69, 9.17) is 9.47 Å². The fourth-order valence-electron chi connectivity index (χ4n) is 2.87. The minimum atomic E-state index is -0.0290. The molecule has 2 heterocycles. The Hall–Kier alpha value is -2.80. The number of methoxy groups -OCH3 is 2. The highest BCUT2D eigenvalue weighted by molar-refractivity contribution is 7.22. The van der Waals surface area contributed by atoms with E-state index in [1.54, 1.807) is 25.6 Å². The first-order valence-electron chi connectivity index (χ1n) is 8.30. The van der Waals surface area contributed by atoms with Gasteiger partial charge in [-0.25, -0.2) is 4.98 Å². The molecule has 1 aliphatic rings. The second kappa shape index (κ2) is 6.84. The van der Waals surface area contributed by atoms with Gasteiger partial charge in [0.25, 0.3) is 0 Å². The number of hydrogen-bond donors (Lipinski definition) is 1. The van der Waals surface area contributed by atoms with E-state index in [0.717, 1.165) is 32.5 Å². The second-order valence-electron chi connectivity index (χ2n) is 6.15. The summed E-state index contributed by atoms with van der Waals surface area (Å²) in [7, 11) is 3.28. The van der Waals surface area contributed by atoms with E-state index in [2.05, 4.69) is 15.2 Å². The Labute approximate surface area is 155 Å². The summed E-state index contributed by atoms with van der Waals surface area (Å²) in [5.41, 5.74) is 1.73. The highest BCUT2D eigenvalue weighted by atomic mass is 32.1. The zero-order valence-electron chi connectivity index (χ0n) is 14.6. The Balaban J connectivity index is 1.37. The molecule has 0 spiro atoms. The molecule has 1 aromatic heterocycles. The van der Waals surface area contributed by atoms with Crippen LogP contribution in [0.1, 0.15) is 0 Å². The maximum Gasteiger partial charge on any atom is 0.231 e. The van der Waals surface area contributed by atoms with E-state index in [1.807, 2.05) is 42.5 Å². The average Bonchev–Trinajstić information content (AvgIpc) is 3.03. The molecule has 0 unspecified atom stereocenters. The van der Waals surface area contributed by atoms with Crippen molar-refractivity contribution in [2.24, 2.45) is 5.92 Å². The molecule has 134 valence electrons. The largest absolute Gasteiger partial charge is 0.497 e. The zero-order valence-corrected chi connectivity index (χ0v) is 15.4. The van der Waals surface area contributed by atoms with Crippen molar-refractivity contribution in [1.29, 1.82) is 0 Å². The van der Waals surface area contributed by atoms with Crippen molar-refractivity contribution in [2.75, 3.05) is 37.5 Å². The van der Waals surface area contributed by atoms with Gasteiger partial charge in [0.05, 0.1) is 30.4 Å². The van der Waals surface area contributed by atoms with Crippen molar-refractivity contribution < 1.29 is 14.3 Å². The van der Waals surface area contributed by atoms with Gasteiger partial charge >= 0.3 is 0 Å². The molecular weight excluding hydrogens is 350 g/mol. The van der Waals surface area contributed by atoms with E-state index in [9.17, 15) is 4.79 Å². The van der Waals surface area contributed by atoms with Gasteiger partial charge in [-0.1, -0.05) is 11.3 Å². The third-order valence-corrected chi connectivity index (χ3v) is 5.54. The number of ether oxygens (including phenoxy) is 2. The molecule has 0 aliphatic carbocycles. The Morgan fingerprint density at radius 2 is 1.81 bits per heavy atom. The third-order valence-electron chi connectivity index (χ3n) is 4.46. The first-order chi connectivity index (χ1) is 12.7.